The van der Waals surface area contributed by atoms with E-state index in [-0.39, 0.29) is 17.7 Å². The van der Waals surface area contributed by atoms with Crippen LogP contribution in [0.5, 0.6) is 11.5 Å². The van der Waals surface area contributed by atoms with Gasteiger partial charge in [-0.1, -0.05) is 25.7 Å². The van der Waals surface area contributed by atoms with Gasteiger partial charge in [-0.2, -0.15) is 5.10 Å². The third-order valence-electron chi connectivity index (χ3n) is 6.32. The quantitative estimate of drug-likeness (QED) is 0.538. The fourth-order valence-corrected chi connectivity index (χ4v) is 4.67. The number of methoxy groups -OCH3 is 2. The van der Waals surface area contributed by atoms with E-state index in [2.05, 4.69) is 19.0 Å². The molecule has 1 aromatic rings. The van der Waals surface area contributed by atoms with Crippen molar-refractivity contribution in [3.63, 3.8) is 0 Å². The standard InChI is InChI=1S/C24H37N3O3/c1-26(2)15-9-5-6-10-16-27-24(28)20-12-8-7-11-19(20)23(25-27)18-13-14-21(29-3)22(17-18)30-4/h13-14,17,19-20H,5-12,15-16H2,1-4H3/t19-,20+/m1/s1. The van der Waals surface area contributed by atoms with Crippen molar-refractivity contribution >= 4 is 11.6 Å². The third-order valence-corrected chi connectivity index (χ3v) is 6.32. The molecule has 0 N–H and O–H groups in total. The maximum Gasteiger partial charge on any atom is 0.246 e. The van der Waals surface area contributed by atoms with Gasteiger partial charge in [0.05, 0.1) is 19.9 Å². The Morgan fingerprint density at radius 3 is 2.40 bits per heavy atom. The molecule has 1 aliphatic carbocycles. The molecular formula is C24H37N3O3. The van der Waals surface area contributed by atoms with E-state index < -0.39 is 0 Å². The second-order valence-electron chi connectivity index (χ2n) is 8.73. The van der Waals surface area contributed by atoms with Crippen molar-refractivity contribution in [3.05, 3.63) is 23.8 Å². The molecule has 6 nitrogen and oxygen atoms in total. The zero-order chi connectivity index (χ0) is 21.5. The van der Waals surface area contributed by atoms with E-state index in [1.54, 1.807) is 19.2 Å². The molecule has 1 saturated carbocycles. The second-order valence-corrected chi connectivity index (χ2v) is 8.73. The molecule has 166 valence electrons. The predicted octanol–water partition coefficient (Wildman–Crippen LogP) is 4.18. The minimum atomic E-state index is 0.0630. The molecule has 2 aliphatic rings. The van der Waals surface area contributed by atoms with Crippen molar-refractivity contribution in [2.75, 3.05) is 41.4 Å². The Labute approximate surface area is 181 Å². The van der Waals surface area contributed by atoms with Gasteiger partial charge in [0, 0.05) is 23.9 Å². The van der Waals surface area contributed by atoms with Gasteiger partial charge < -0.3 is 14.4 Å². The molecule has 3 rings (SSSR count). The fourth-order valence-electron chi connectivity index (χ4n) is 4.67. The van der Waals surface area contributed by atoms with Gasteiger partial charge in [0.15, 0.2) is 11.5 Å². The highest BCUT2D eigenvalue weighted by atomic mass is 16.5. The first-order valence-electron chi connectivity index (χ1n) is 11.3. The average Bonchev–Trinajstić information content (AvgIpc) is 2.77. The number of hydrazone groups is 1. The molecule has 0 bridgehead atoms. The molecule has 1 fully saturated rings. The molecule has 0 aromatic heterocycles. The summed E-state index contributed by atoms with van der Waals surface area (Å²) in [6.07, 6.45) is 8.81. The molecule has 6 heteroatoms. The number of nitrogens with zero attached hydrogens (tertiary/aromatic N) is 3. The van der Waals surface area contributed by atoms with Crippen LogP contribution in [0.25, 0.3) is 0 Å². The number of hydrogen-bond donors (Lipinski definition) is 0. The van der Waals surface area contributed by atoms with Crippen LogP contribution in [-0.2, 0) is 4.79 Å². The minimum absolute atomic E-state index is 0.0630. The van der Waals surface area contributed by atoms with Gasteiger partial charge in [-0.25, -0.2) is 5.01 Å². The van der Waals surface area contributed by atoms with Crippen molar-refractivity contribution in [1.29, 1.82) is 0 Å². The molecule has 1 aliphatic heterocycles. The van der Waals surface area contributed by atoms with Gasteiger partial charge in [-0.05, 0) is 64.5 Å². The second kappa shape index (κ2) is 10.8. The summed E-state index contributed by atoms with van der Waals surface area (Å²) in [5.41, 5.74) is 2.07. The van der Waals surface area contributed by atoms with Crippen molar-refractivity contribution in [3.8, 4) is 11.5 Å². The first kappa shape index (κ1) is 22.6. The van der Waals surface area contributed by atoms with Crippen LogP contribution in [0.3, 0.4) is 0 Å². The molecular weight excluding hydrogens is 378 g/mol. The van der Waals surface area contributed by atoms with Crippen molar-refractivity contribution < 1.29 is 14.3 Å². The summed E-state index contributed by atoms with van der Waals surface area (Å²) < 4.78 is 10.9. The lowest BCUT2D eigenvalue weighted by Gasteiger charge is -2.38. The number of rotatable bonds is 10. The minimum Gasteiger partial charge on any atom is -0.493 e. The number of carbonyl (C=O) groups excluding carboxylic acids is 1. The number of unbranched alkanes of at least 4 members (excludes halogenated alkanes) is 3. The number of ether oxygens (including phenoxy) is 2. The predicted molar refractivity (Wildman–Crippen MR) is 120 cm³/mol. The van der Waals surface area contributed by atoms with E-state index in [0.717, 1.165) is 56.3 Å². The Kier molecular flexibility index (Phi) is 8.14. The van der Waals surface area contributed by atoms with Crippen LogP contribution in [0.1, 0.15) is 56.9 Å². The maximum absolute atomic E-state index is 13.1. The molecule has 1 heterocycles. The van der Waals surface area contributed by atoms with E-state index >= 15 is 0 Å². The van der Waals surface area contributed by atoms with Gasteiger partial charge in [-0.15, -0.1) is 0 Å². The SMILES string of the molecule is COc1ccc(C2=NN(CCCCCCN(C)C)C(=O)[C@H]3CCCC[C@@H]23)cc1OC. The van der Waals surface area contributed by atoms with E-state index in [1.165, 1.54) is 12.8 Å². The van der Waals surface area contributed by atoms with E-state index in [1.807, 2.05) is 18.2 Å². The van der Waals surface area contributed by atoms with Crippen LogP contribution in [-0.4, -0.2) is 62.9 Å². The maximum atomic E-state index is 13.1. The number of hydrogen-bond acceptors (Lipinski definition) is 5. The van der Waals surface area contributed by atoms with Gasteiger partial charge in [0.1, 0.15) is 0 Å². The first-order valence-corrected chi connectivity index (χ1v) is 11.3. The molecule has 0 unspecified atom stereocenters. The summed E-state index contributed by atoms with van der Waals surface area (Å²) in [4.78, 5) is 15.4. The van der Waals surface area contributed by atoms with Crippen LogP contribution in [0.2, 0.25) is 0 Å². The van der Waals surface area contributed by atoms with Crippen LogP contribution in [0, 0.1) is 11.8 Å². The highest BCUT2D eigenvalue weighted by Crippen LogP contribution is 2.39. The number of amides is 1. The Hall–Kier alpha value is -2.08. The lowest BCUT2D eigenvalue weighted by Crippen LogP contribution is -2.46. The highest BCUT2D eigenvalue weighted by molar-refractivity contribution is 6.07. The number of fused-ring (bicyclic) bond motifs is 1. The monoisotopic (exact) mass is 415 g/mol. The normalized spacial score (nSPS) is 21.4. The smallest absolute Gasteiger partial charge is 0.246 e. The molecule has 0 spiro atoms. The zero-order valence-corrected chi connectivity index (χ0v) is 19.0. The van der Waals surface area contributed by atoms with Gasteiger partial charge in [-0.3, -0.25) is 4.79 Å². The van der Waals surface area contributed by atoms with Crippen molar-refractivity contribution in [1.82, 2.24) is 9.91 Å². The number of benzene rings is 1. The molecule has 30 heavy (non-hydrogen) atoms. The molecule has 0 radical (unpaired) electrons. The lowest BCUT2D eigenvalue weighted by molar-refractivity contribution is -0.139. The molecule has 1 amide bonds. The zero-order valence-electron chi connectivity index (χ0n) is 19.0. The first-order chi connectivity index (χ1) is 14.5. The van der Waals surface area contributed by atoms with Crippen LogP contribution < -0.4 is 9.47 Å². The van der Waals surface area contributed by atoms with E-state index in [4.69, 9.17) is 14.6 Å². The summed E-state index contributed by atoms with van der Waals surface area (Å²) in [5.74, 6) is 1.91. The molecule has 0 saturated heterocycles. The molecule has 1 aromatic carbocycles. The average molecular weight is 416 g/mol. The van der Waals surface area contributed by atoms with Crippen LogP contribution in [0.4, 0.5) is 0 Å². The van der Waals surface area contributed by atoms with Gasteiger partial charge in [0.2, 0.25) is 5.91 Å². The Bertz CT molecular complexity index is 747. The van der Waals surface area contributed by atoms with Crippen LogP contribution in [0.15, 0.2) is 23.3 Å². The van der Waals surface area contributed by atoms with Crippen molar-refractivity contribution in [2.45, 2.75) is 51.4 Å². The highest BCUT2D eigenvalue weighted by Gasteiger charge is 2.41. The summed E-state index contributed by atoms with van der Waals surface area (Å²) in [6, 6.07) is 5.97. The summed E-state index contributed by atoms with van der Waals surface area (Å²) in [6.45, 7) is 1.83. The summed E-state index contributed by atoms with van der Waals surface area (Å²) >= 11 is 0. The van der Waals surface area contributed by atoms with Crippen molar-refractivity contribution in [2.24, 2.45) is 16.9 Å². The molecule has 2 atom stereocenters. The Morgan fingerprint density at radius 2 is 1.70 bits per heavy atom. The van der Waals surface area contributed by atoms with E-state index in [0.29, 0.717) is 18.0 Å². The largest absolute Gasteiger partial charge is 0.493 e. The summed E-state index contributed by atoms with van der Waals surface area (Å²) in [7, 11) is 7.51. The third kappa shape index (κ3) is 5.34. The van der Waals surface area contributed by atoms with Crippen LogP contribution >= 0.6 is 0 Å². The number of carbonyl (C=O) groups is 1. The topological polar surface area (TPSA) is 54.4 Å². The van der Waals surface area contributed by atoms with Gasteiger partial charge >= 0.3 is 0 Å². The fraction of sp³-hybridized carbons (Fsp3) is 0.667. The lowest BCUT2D eigenvalue weighted by atomic mass is 9.73. The summed E-state index contributed by atoms with van der Waals surface area (Å²) in [5, 5.41) is 6.64. The van der Waals surface area contributed by atoms with Gasteiger partial charge in [0.25, 0.3) is 0 Å². The Balaban J connectivity index is 1.75. The van der Waals surface area contributed by atoms with E-state index in [9.17, 15) is 4.79 Å². The Morgan fingerprint density at radius 1 is 1.00 bits per heavy atom.